The van der Waals surface area contributed by atoms with Crippen molar-refractivity contribution in [1.82, 2.24) is 19.8 Å². The number of hydrazine groups is 1. The third-order valence-electron chi connectivity index (χ3n) is 3.88. The molecule has 7 heteroatoms. The molecule has 0 aromatic carbocycles. The predicted octanol–water partition coefficient (Wildman–Crippen LogP) is 1.50. The second-order valence-corrected chi connectivity index (χ2v) is 6.28. The molecule has 1 aliphatic heterocycles. The van der Waals surface area contributed by atoms with Gasteiger partial charge < -0.3 is 10.3 Å². The molecule has 0 bridgehead atoms. The van der Waals surface area contributed by atoms with E-state index in [9.17, 15) is 0 Å². The lowest BCUT2D eigenvalue weighted by Crippen LogP contribution is -2.46. The van der Waals surface area contributed by atoms with Gasteiger partial charge >= 0.3 is 0 Å². The summed E-state index contributed by atoms with van der Waals surface area (Å²) in [5.41, 5.74) is 2.69. The quantitative estimate of drug-likeness (QED) is 0.644. The Morgan fingerprint density at radius 2 is 2.00 bits per heavy atom. The molecule has 1 saturated heterocycles. The Kier molecular flexibility index (Phi) is 4.64. The first-order valence-electron chi connectivity index (χ1n) is 7.45. The number of nitrogens with one attached hydrogen (secondary N) is 1. The fourth-order valence-electron chi connectivity index (χ4n) is 2.77. The van der Waals surface area contributed by atoms with Crippen molar-refractivity contribution in [3.05, 3.63) is 17.3 Å². The van der Waals surface area contributed by atoms with Crippen molar-refractivity contribution < 1.29 is 0 Å². The van der Waals surface area contributed by atoms with Crippen LogP contribution in [0.4, 0.5) is 5.82 Å². The maximum atomic E-state index is 5.57. The first-order valence-corrected chi connectivity index (χ1v) is 8.33. The van der Waals surface area contributed by atoms with E-state index in [0.717, 1.165) is 54.6 Å². The van der Waals surface area contributed by atoms with E-state index in [2.05, 4.69) is 32.1 Å². The normalized spacial score (nSPS) is 17.4. The Morgan fingerprint density at radius 1 is 1.24 bits per heavy atom. The van der Waals surface area contributed by atoms with Gasteiger partial charge in [0, 0.05) is 26.2 Å². The fraction of sp³-hybridized carbons (Fsp3) is 0.571. The monoisotopic (exact) mass is 306 g/mol. The lowest BCUT2D eigenvalue weighted by molar-refractivity contribution is 0.125. The van der Waals surface area contributed by atoms with Crippen molar-refractivity contribution in [2.75, 3.05) is 38.1 Å². The molecule has 0 atom stereocenters. The molecule has 0 radical (unpaired) electrons. The number of rotatable bonds is 5. The molecule has 2 aromatic heterocycles. The number of nitrogens with zero attached hydrogens (tertiary/aromatic N) is 4. The van der Waals surface area contributed by atoms with Crippen LogP contribution in [0.3, 0.4) is 0 Å². The number of piperazine rings is 1. The summed E-state index contributed by atoms with van der Waals surface area (Å²) in [4.78, 5) is 15.1. The Labute approximate surface area is 128 Å². The van der Waals surface area contributed by atoms with Gasteiger partial charge in [-0.1, -0.05) is 6.92 Å². The van der Waals surface area contributed by atoms with E-state index in [0.29, 0.717) is 0 Å². The summed E-state index contributed by atoms with van der Waals surface area (Å²) < 4.78 is 0. The summed E-state index contributed by atoms with van der Waals surface area (Å²) in [6.45, 7) is 8.66. The van der Waals surface area contributed by atoms with E-state index in [1.54, 1.807) is 11.3 Å². The van der Waals surface area contributed by atoms with Crippen LogP contribution in [0.15, 0.2) is 11.4 Å². The molecule has 6 nitrogen and oxygen atoms in total. The maximum absolute atomic E-state index is 5.57. The van der Waals surface area contributed by atoms with Crippen LogP contribution < -0.4 is 11.3 Å². The van der Waals surface area contributed by atoms with Crippen LogP contribution in [0, 0.1) is 0 Å². The first-order chi connectivity index (χ1) is 10.3. The van der Waals surface area contributed by atoms with Crippen molar-refractivity contribution in [2.24, 2.45) is 5.84 Å². The molecule has 0 unspecified atom stereocenters. The van der Waals surface area contributed by atoms with E-state index in [1.165, 1.54) is 13.0 Å². The van der Waals surface area contributed by atoms with Gasteiger partial charge in [0.05, 0.1) is 11.9 Å². The highest BCUT2D eigenvalue weighted by atomic mass is 32.1. The molecule has 3 heterocycles. The number of fused-ring (bicyclic) bond motifs is 1. The van der Waals surface area contributed by atoms with Gasteiger partial charge in [-0.05, 0) is 24.4 Å². The average molecular weight is 306 g/mol. The van der Waals surface area contributed by atoms with Crippen LogP contribution in [0.5, 0.6) is 0 Å². The zero-order valence-corrected chi connectivity index (χ0v) is 13.2. The van der Waals surface area contributed by atoms with Crippen LogP contribution >= 0.6 is 11.3 Å². The lowest BCUT2D eigenvalue weighted by atomic mass is 10.3. The van der Waals surface area contributed by atoms with Crippen molar-refractivity contribution in [3.63, 3.8) is 0 Å². The SMILES string of the molecule is CCCN1CCN(Cc2nc(NN)c3ccsc3n2)CC1. The number of thiophene rings is 1. The van der Waals surface area contributed by atoms with Crippen molar-refractivity contribution in [3.8, 4) is 0 Å². The highest BCUT2D eigenvalue weighted by Crippen LogP contribution is 2.24. The highest BCUT2D eigenvalue weighted by molar-refractivity contribution is 7.16. The zero-order chi connectivity index (χ0) is 14.7. The Bertz CT molecular complexity index is 590. The molecule has 0 spiro atoms. The number of hydrogen-bond donors (Lipinski definition) is 2. The molecule has 21 heavy (non-hydrogen) atoms. The predicted molar refractivity (Wildman–Crippen MR) is 87.2 cm³/mol. The molecule has 1 fully saturated rings. The minimum Gasteiger partial charge on any atom is -0.308 e. The standard InChI is InChI=1S/C14H22N6S/c1-2-4-19-5-7-20(8-6-19)10-12-16-13(18-15)11-3-9-21-14(11)17-12/h3,9H,2,4-8,10,15H2,1H3,(H,16,17,18). The van der Waals surface area contributed by atoms with Crippen molar-refractivity contribution in [1.29, 1.82) is 0 Å². The van der Waals surface area contributed by atoms with E-state index in [1.807, 2.05) is 11.4 Å². The third-order valence-corrected chi connectivity index (χ3v) is 4.68. The van der Waals surface area contributed by atoms with Gasteiger partial charge in [0.25, 0.3) is 0 Å². The number of aromatic nitrogens is 2. The number of nitrogens with two attached hydrogens (primary N) is 1. The number of hydrogen-bond acceptors (Lipinski definition) is 7. The minimum atomic E-state index is 0.723. The largest absolute Gasteiger partial charge is 0.308 e. The molecule has 2 aromatic rings. The fourth-order valence-corrected chi connectivity index (χ4v) is 3.55. The third kappa shape index (κ3) is 3.32. The molecule has 0 saturated carbocycles. The van der Waals surface area contributed by atoms with Crippen molar-refractivity contribution >= 4 is 27.4 Å². The van der Waals surface area contributed by atoms with E-state index < -0.39 is 0 Å². The van der Waals surface area contributed by atoms with Gasteiger partial charge in [-0.2, -0.15) is 0 Å². The maximum Gasteiger partial charge on any atom is 0.152 e. The lowest BCUT2D eigenvalue weighted by Gasteiger charge is -2.34. The van der Waals surface area contributed by atoms with Gasteiger partial charge in [0.2, 0.25) is 0 Å². The summed E-state index contributed by atoms with van der Waals surface area (Å²) in [5, 5.41) is 3.02. The van der Waals surface area contributed by atoms with Gasteiger partial charge in [-0.25, -0.2) is 15.8 Å². The smallest absolute Gasteiger partial charge is 0.152 e. The van der Waals surface area contributed by atoms with E-state index in [4.69, 9.17) is 5.84 Å². The van der Waals surface area contributed by atoms with E-state index >= 15 is 0 Å². The van der Waals surface area contributed by atoms with Crippen molar-refractivity contribution in [2.45, 2.75) is 19.9 Å². The average Bonchev–Trinajstić information content (AvgIpc) is 2.97. The summed E-state index contributed by atoms with van der Waals surface area (Å²) in [7, 11) is 0. The molecule has 0 amide bonds. The van der Waals surface area contributed by atoms with E-state index in [-0.39, 0.29) is 0 Å². The molecule has 0 aliphatic carbocycles. The Morgan fingerprint density at radius 3 is 2.71 bits per heavy atom. The summed E-state index contributed by atoms with van der Waals surface area (Å²) in [6, 6.07) is 2.00. The Balaban J connectivity index is 1.68. The van der Waals surface area contributed by atoms with Gasteiger partial charge in [-0.15, -0.1) is 11.3 Å². The highest BCUT2D eigenvalue weighted by Gasteiger charge is 2.18. The molecular formula is C14H22N6S. The topological polar surface area (TPSA) is 70.3 Å². The molecule has 1 aliphatic rings. The second kappa shape index (κ2) is 6.65. The zero-order valence-electron chi connectivity index (χ0n) is 12.4. The van der Waals surface area contributed by atoms with Gasteiger partial charge in [0.15, 0.2) is 5.82 Å². The van der Waals surface area contributed by atoms with Crippen LogP contribution in [-0.4, -0.2) is 52.5 Å². The molecule has 3 rings (SSSR count). The number of anilines is 1. The van der Waals surface area contributed by atoms with Gasteiger partial charge in [0.1, 0.15) is 10.7 Å². The minimum absolute atomic E-state index is 0.723. The van der Waals surface area contributed by atoms with Crippen LogP contribution in [0.2, 0.25) is 0 Å². The van der Waals surface area contributed by atoms with Gasteiger partial charge in [-0.3, -0.25) is 4.90 Å². The molecule has 3 N–H and O–H groups in total. The van der Waals surface area contributed by atoms with Crippen LogP contribution in [-0.2, 0) is 6.54 Å². The van der Waals surface area contributed by atoms with Crippen LogP contribution in [0.25, 0.3) is 10.2 Å². The number of nitrogen functional groups attached to an aromatic ring is 1. The summed E-state index contributed by atoms with van der Waals surface area (Å²) in [6.07, 6.45) is 1.23. The van der Waals surface area contributed by atoms with Crippen LogP contribution in [0.1, 0.15) is 19.2 Å². The molecule has 114 valence electrons. The first kappa shape index (κ1) is 14.6. The summed E-state index contributed by atoms with van der Waals surface area (Å²) in [5.74, 6) is 7.14. The molecular weight excluding hydrogens is 284 g/mol. The summed E-state index contributed by atoms with van der Waals surface area (Å²) >= 11 is 1.63. The Hall–Kier alpha value is -1.28. The second-order valence-electron chi connectivity index (χ2n) is 5.39.